The van der Waals surface area contributed by atoms with Gasteiger partial charge < -0.3 is 8.83 Å². The van der Waals surface area contributed by atoms with Gasteiger partial charge in [0.05, 0.1) is 18.6 Å². The summed E-state index contributed by atoms with van der Waals surface area (Å²) >= 11 is 7.42. The predicted molar refractivity (Wildman–Crippen MR) is 106 cm³/mol. The smallest absolute Gasteiger partial charge is 0.247 e. The maximum absolute atomic E-state index is 5.92. The minimum Gasteiger partial charge on any atom is -0.467 e. The first kappa shape index (κ1) is 18.8. The lowest BCUT2D eigenvalue weighted by molar-refractivity contribution is 0.475. The molecule has 0 fully saturated rings. The van der Waals surface area contributed by atoms with Crippen molar-refractivity contribution in [1.82, 2.24) is 25.0 Å². The lowest BCUT2D eigenvalue weighted by atomic mass is 10.2. The van der Waals surface area contributed by atoms with Crippen LogP contribution in [0.3, 0.4) is 0 Å². The van der Waals surface area contributed by atoms with Gasteiger partial charge in [-0.15, -0.1) is 20.4 Å². The fourth-order valence-corrected chi connectivity index (χ4v) is 3.60. The summed E-state index contributed by atoms with van der Waals surface area (Å²) in [7, 11) is 0. The number of furan rings is 1. The number of thioether (sulfide) groups is 1. The maximum atomic E-state index is 5.92. The number of nitrogens with zero attached hydrogens (tertiary/aromatic N) is 5. The van der Waals surface area contributed by atoms with Crippen molar-refractivity contribution in [3.8, 4) is 11.5 Å². The molecule has 0 saturated heterocycles. The van der Waals surface area contributed by atoms with Crippen LogP contribution in [0.1, 0.15) is 37.2 Å². The van der Waals surface area contributed by atoms with Gasteiger partial charge in [-0.2, -0.15) is 0 Å². The Morgan fingerprint density at radius 1 is 1.07 bits per heavy atom. The highest BCUT2D eigenvalue weighted by Crippen LogP contribution is 2.27. The van der Waals surface area contributed by atoms with Crippen molar-refractivity contribution in [1.29, 1.82) is 0 Å². The summed E-state index contributed by atoms with van der Waals surface area (Å²) in [5, 5.41) is 18.4. The molecule has 0 radical (unpaired) electrons. The monoisotopic (exact) mass is 415 g/mol. The highest BCUT2D eigenvalue weighted by Gasteiger charge is 2.18. The molecule has 0 aliphatic heterocycles. The van der Waals surface area contributed by atoms with E-state index in [0.29, 0.717) is 29.1 Å². The second-order valence-electron chi connectivity index (χ2n) is 6.46. The van der Waals surface area contributed by atoms with Crippen LogP contribution in [0.4, 0.5) is 0 Å². The standard InChI is InChI=1S/C19H18ClN5O2S/c1-12(2)17-22-24-19(25(17)10-15-4-3-9-26-15)28-11-16-21-23-18(27-16)13-5-7-14(20)8-6-13/h3-9,12H,10-11H2,1-2H3. The van der Waals surface area contributed by atoms with E-state index in [1.807, 2.05) is 24.3 Å². The van der Waals surface area contributed by atoms with E-state index in [1.165, 1.54) is 11.8 Å². The van der Waals surface area contributed by atoms with Crippen LogP contribution in [0.5, 0.6) is 0 Å². The third-order valence-electron chi connectivity index (χ3n) is 4.04. The van der Waals surface area contributed by atoms with E-state index in [-0.39, 0.29) is 5.92 Å². The molecular weight excluding hydrogens is 398 g/mol. The average Bonchev–Trinajstić information content (AvgIpc) is 3.42. The Hall–Kier alpha value is -2.58. The maximum Gasteiger partial charge on any atom is 0.247 e. The third kappa shape index (κ3) is 4.13. The second kappa shape index (κ2) is 8.20. The molecule has 0 aliphatic rings. The summed E-state index contributed by atoms with van der Waals surface area (Å²) in [6, 6.07) is 11.1. The van der Waals surface area contributed by atoms with Gasteiger partial charge in [-0.1, -0.05) is 37.2 Å². The van der Waals surface area contributed by atoms with Crippen molar-refractivity contribution in [3.05, 3.63) is 65.2 Å². The predicted octanol–water partition coefficient (Wildman–Crippen LogP) is 5.04. The van der Waals surface area contributed by atoms with Gasteiger partial charge in [0, 0.05) is 16.5 Å². The van der Waals surface area contributed by atoms with Crippen LogP contribution in [0.2, 0.25) is 5.02 Å². The number of hydrogen-bond donors (Lipinski definition) is 0. The Morgan fingerprint density at radius 3 is 2.61 bits per heavy atom. The molecule has 144 valence electrons. The quantitative estimate of drug-likeness (QED) is 0.391. The minimum absolute atomic E-state index is 0.247. The fraction of sp³-hybridized carbons (Fsp3) is 0.263. The van der Waals surface area contributed by atoms with E-state index in [1.54, 1.807) is 18.4 Å². The Morgan fingerprint density at radius 2 is 1.89 bits per heavy atom. The largest absolute Gasteiger partial charge is 0.467 e. The van der Waals surface area contributed by atoms with Crippen LogP contribution >= 0.6 is 23.4 Å². The molecule has 1 aromatic carbocycles. The first-order chi connectivity index (χ1) is 13.6. The number of benzene rings is 1. The number of hydrogen-bond acceptors (Lipinski definition) is 7. The van der Waals surface area contributed by atoms with Gasteiger partial charge in [-0.05, 0) is 36.4 Å². The van der Waals surface area contributed by atoms with Crippen LogP contribution in [0.25, 0.3) is 11.5 Å². The highest BCUT2D eigenvalue weighted by molar-refractivity contribution is 7.98. The lowest BCUT2D eigenvalue weighted by Gasteiger charge is -2.10. The normalized spacial score (nSPS) is 11.4. The van der Waals surface area contributed by atoms with Crippen LogP contribution in [-0.2, 0) is 12.3 Å². The second-order valence-corrected chi connectivity index (χ2v) is 7.84. The molecule has 0 spiro atoms. The molecule has 7 nitrogen and oxygen atoms in total. The zero-order valence-electron chi connectivity index (χ0n) is 15.4. The van der Waals surface area contributed by atoms with E-state index in [4.69, 9.17) is 20.4 Å². The summed E-state index contributed by atoms with van der Waals surface area (Å²) in [6.45, 7) is 4.76. The van der Waals surface area contributed by atoms with E-state index < -0.39 is 0 Å². The summed E-state index contributed by atoms with van der Waals surface area (Å²) < 4.78 is 13.3. The van der Waals surface area contributed by atoms with Gasteiger partial charge in [0.25, 0.3) is 0 Å². The molecule has 0 atom stereocenters. The molecule has 0 aliphatic carbocycles. The van der Waals surface area contributed by atoms with E-state index in [0.717, 1.165) is 22.3 Å². The van der Waals surface area contributed by atoms with Gasteiger partial charge in [0.2, 0.25) is 11.8 Å². The fourth-order valence-electron chi connectivity index (χ4n) is 2.69. The molecule has 0 saturated carbocycles. The topological polar surface area (TPSA) is 82.8 Å². The van der Waals surface area contributed by atoms with Crippen molar-refractivity contribution < 1.29 is 8.83 Å². The summed E-state index contributed by atoms with van der Waals surface area (Å²) in [4.78, 5) is 0. The zero-order chi connectivity index (χ0) is 19.5. The first-order valence-electron chi connectivity index (χ1n) is 8.76. The van der Waals surface area contributed by atoms with Crippen LogP contribution in [0.15, 0.2) is 56.7 Å². The lowest BCUT2D eigenvalue weighted by Crippen LogP contribution is -2.07. The molecule has 4 rings (SSSR count). The summed E-state index contributed by atoms with van der Waals surface area (Å²) in [5.41, 5.74) is 0.830. The Bertz CT molecular complexity index is 1040. The van der Waals surface area contributed by atoms with Crippen molar-refractivity contribution in [3.63, 3.8) is 0 Å². The summed E-state index contributed by atoms with van der Waals surface area (Å²) in [6.07, 6.45) is 1.66. The van der Waals surface area contributed by atoms with Crippen LogP contribution < -0.4 is 0 Å². The van der Waals surface area contributed by atoms with Gasteiger partial charge in [-0.25, -0.2) is 0 Å². The molecule has 3 heterocycles. The van der Waals surface area contributed by atoms with Crippen molar-refractivity contribution in [2.24, 2.45) is 0 Å². The molecule has 0 bridgehead atoms. The van der Waals surface area contributed by atoms with E-state index in [9.17, 15) is 0 Å². The van der Waals surface area contributed by atoms with Gasteiger partial charge in [0.15, 0.2) is 5.16 Å². The molecule has 3 aromatic heterocycles. The number of aromatic nitrogens is 5. The molecule has 0 unspecified atom stereocenters. The number of halogens is 1. The zero-order valence-corrected chi connectivity index (χ0v) is 16.9. The molecule has 4 aromatic rings. The molecule has 28 heavy (non-hydrogen) atoms. The van der Waals surface area contributed by atoms with E-state index >= 15 is 0 Å². The number of rotatable bonds is 7. The van der Waals surface area contributed by atoms with Crippen molar-refractivity contribution in [2.45, 2.75) is 37.2 Å². The Balaban J connectivity index is 1.50. The van der Waals surface area contributed by atoms with Crippen LogP contribution in [0, 0.1) is 0 Å². The minimum atomic E-state index is 0.247. The van der Waals surface area contributed by atoms with Crippen molar-refractivity contribution >= 4 is 23.4 Å². The summed E-state index contributed by atoms with van der Waals surface area (Å²) in [5.74, 6) is 3.49. The van der Waals surface area contributed by atoms with Gasteiger partial charge in [0.1, 0.15) is 11.6 Å². The molecule has 0 N–H and O–H groups in total. The van der Waals surface area contributed by atoms with Crippen LogP contribution in [-0.4, -0.2) is 25.0 Å². The third-order valence-corrected chi connectivity index (χ3v) is 5.24. The Labute approximate surface area is 171 Å². The molecular formula is C19H18ClN5O2S. The van der Waals surface area contributed by atoms with E-state index in [2.05, 4.69) is 38.8 Å². The van der Waals surface area contributed by atoms with Gasteiger partial charge >= 0.3 is 0 Å². The Kier molecular flexibility index (Phi) is 5.50. The molecule has 0 amide bonds. The SMILES string of the molecule is CC(C)c1nnc(SCc2nnc(-c3ccc(Cl)cc3)o2)n1Cc1ccco1. The van der Waals surface area contributed by atoms with Crippen molar-refractivity contribution in [2.75, 3.05) is 0 Å². The van der Waals surface area contributed by atoms with Gasteiger partial charge in [-0.3, -0.25) is 4.57 Å². The highest BCUT2D eigenvalue weighted by atomic mass is 35.5. The average molecular weight is 416 g/mol. The molecule has 9 heteroatoms. The first-order valence-corrected chi connectivity index (χ1v) is 10.1.